The molecule has 2 amide bonds. The topological polar surface area (TPSA) is 117 Å². The lowest BCUT2D eigenvalue weighted by atomic mass is 9.92. The fourth-order valence-corrected chi connectivity index (χ4v) is 1.96. The number of ether oxygens (including phenoxy) is 2. The molecule has 0 aliphatic carbocycles. The molecule has 2 aromatic rings. The Balaban J connectivity index is 2.02. The van der Waals surface area contributed by atoms with Crippen molar-refractivity contribution in [2.45, 2.75) is 26.2 Å². The zero-order valence-electron chi connectivity index (χ0n) is 14.6. The summed E-state index contributed by atoms with van der Waals surface area (Å²) in [6, 6.07) is 6.19. The largest absolute Gasteiger partial charge is 0.497 e. The zero-order valence-corrected chi connectivity index (χ0v) is 14.6. The van der Waals surface area contributed by atoms with Gasteiger partial charge in [-0.2, -0.15) is 0 Å². The van der Waals surface area contributed by atoms with Crippen LogP contribution in [-0.4, -0.2) is 30.7 Å². The monoisotopic (exact) mass is 347 g/mol. The maximum absolute atomic E-state index is 12.0. The summed E-state index contributed by atoms with van der Waals surface area (Å²) in [6.07, 6.45) is 0. The summed E-state index contributed by atoms with van der Waals surface area (Å²) in [5, 5.41) is 6.45. The van der Waals surface area contributed by atoms with Crippen LogP contribution in [0.15, 0.2) is 28.8 Å². The SMILES string of the molecule is COc1ccc(C(N)=O)c(OCC(=O)Nc2cc(C(C)(C)C)no2)c1. The number of carbonyl (C=O) groups is 2. The molecule has 8 nitrogen and oxygen atoms in total. The number of nitrogens with one attached hydrogen (secondary N) is 1. The third-order valence-electron chi connectivity index (χ3n) is 3.35. The van der Waals surface area contributed by atoms with Crippen molar-refractivity contribution in [3.05, 3.63) is 35.5 Å². The van der Waals surface area contributed by atoms with Gasteiger partial charge < -0.3 is 19.7 Å². The number of methoxy groups -OCH3 is 1. The van der Waals surface area contributed by atoms with Gasteiger partial charge in [-0.05, 0) is 12.1 Å². The van der Waals surface area contributed by atoms with Gasteiger partial charge in [0.05, 0.1) is 18.4 Å². The highest BCUT2D eigenvalue weighted by Gasteiger charge is 2.20. The van der Waals surface area contributed by atoms with Crippen LogP contribution in [-0.2, 0) is 10.2 Å². The number of anilines is 1. The standard InChI is InChI=1S/C17H21N3O5/c1-17(2,3)13-8-15(25-20-13)19-14(21)9-24-12-7-10(23-4)5-6-11(12)16(18)22/h5-8H,9H2,1-4H3,(H2,18,22)(H,19,21). The van der Waals surface area contributed by atoms with E-state index in [0.29, 0.717) is 11.4 Å². The first-order valence-electron chi connectivity index (χ1n) is 7.58. The highest BCUT2D eigenvalue weighted by molar-refractivity contribution is 5.96. The van der Waals surface area contributed by atoms with Crippen LogP contribution in [0.1, 0.15) is 36.8 Å². The molecule has 134 valence electrons. The van der Waals surface area contributed by atoms with Gasteiger partial charge in [-0.25, -0.2) is 0 Å². The molecule has 1 aromatic heterocycles. The Labute approximate surface area is 145 Å². The Kier molecular flexibility index (Phi) is 5.31. The highest BCUT2D eigenvalue weighted by Crippen LogP contribution is 2.25. The zero-order chi connectivity index (χ0) is 18.6. The van der Waals surface area contributed by atoms with Crippen molar-refractivity contribution in [2.24, 2.45) is 5.73 Å². The Morgan fingerprint density at radius 3 is 2.56 bits per heavy atom. The minimum atomic E-state index is -0.664. The minimum absolute atomic E-state index is 0.156. The summed E-state index contributed by atoms with van der Waals surface area (Å²) in [7, 11) is 1.48. The molecule has 0 saturated carbocycles. The van der Waals surface area contributed by atoms with Gasteiger partial charge in [0.15, 0.2) is 6.61 Å². The van der Waals surface area contributed by atoms with E-state index < -0.39 is 11.8 Å². The number of nitrogens with zero attached hydrogens (tertiary/aromatic N) is 1. The van der Waals surface area contributed by atoms with Crippen molar-refractivity contribution in [1.29, 1.82) is 0 Å². The summed E-state index contributed by atoms with van der Waals surface area (Å²) in [4.78, 5) is 23.4. The lowest BCUT2D eigenvalue weighted by Crippen LogP contribution is -2.21. The number of hydrogen-bond acceptors (Lipinski definition) is 6. The number of rotatable bonds is 6. The van der Waals surface area contributed by atoms with Crippen molar-refractivity contribution in [3.63, 3.8) is 0 Å². The van der Waals surface area contributed by atoms with Crippen LogP contribution in [0.25, 0.3) is 0 Å². The van der Waals surface area contributed by atoms with E-state index in [9.17, 15) is 9.59 Å². The fraction of sp³-hybridized carbons (Fsp3) is 0.353. The van der Waals surface area contributed by atoms with Gasteiger partial charge in [-0.3, -0.25) is 14.9 Å². The van der Waals surface area contributed by atoms with Crippen LogP contribution in [0.5, 0.6) is 11.5 Å². The lowest BCUT2D eigenvalue weighted by molar-refractivity contribution is -0.118. The molecule has 25 heavy (non-hydrogen) atoms. The van der Waals surface area contributed by atoms with E-state index in [2.05, 4.69) is 10.5 Å². The van der Waals surface area contributed by atoms with Crippen molar-refractivity contribution < 1.29 is 23.6 Å². The number of amides is 2. The molecule has 1 heterocycles. The first-order valence-corrected chi connectivity index (χ1v) is 7.58. The number of hydrogen-bond donors (Lipinski definition) is 2. The van der Waals surface area contributed by atoms with Crippen molar-refractivity contribution in [3.8, 4) is 11.5 Å². The third-order valence-corrected chi connectivity index (χ3v) is 3.35. The van der Waals surface area contributed by atoms with Gasteiger partial charge in [0, 0.05) is 17.5 Å². The Morgan fingerprint density at radius 2 is 2.00 bits per heavy atom. The number of carbonyl (C=O) groups excluding carboxylic acids is 2. The first kappa shape index (κ1) is 18.3. The molecular weight excluding hydrogens is 326 g/mol. The molecule has 0 aliphatic heterocycles. The van der Waals surface area contributed by atoms with Crippen molar-refractivity contribution in [2.75, 3.05) is 19.0 Å². The van der Waals surface area contributed by atoms with Crippen LogP contribution < -0.4 is 20.5 Å². The number of nitrogens with two attached hydrogens (primary N) is 1. The Hall–Kier alpha value is -3.03. The smallest absolute Gasteiger partial charge is 0.264 e. The van der Waals surface area contributed by atoms with Crippen molar-refractivity contribution in [1.82, 2.24) is 5.16 Å². The molecule has 0 saturated heterocycles. The molecule has 1 aromatic carbocycles. The second-order valence-corrected chi connectivity index (χ2v) is 6.39. The maximum Gasteiger partial charge on any atom is 0.264 e. The van der Waals surface area contributed by atoms with Crippen LogP contribution in [0.3, 0.4) is 0 Å². The van der Waals surface area contributed by atoms with Gasteiger partial charge in [-0.1, -0.05) is 25.9 Å². The van der Waals surface area contributed by atoms with E-state index in [-0.39, 0.29) is 29.2 Å². The lowest BCUT2D eigenvalue weighted by Gasteiger charge is -2.12. The van der Waals surface area contributed by atoms with Gasteiger partial charge in [-0.15, -0.1) is 0 Å². The molecule has 0 aliphatic rings. The first-order chi connectivity index (χ1) is 11.7. The third kappa shape index (κ3) is 4.72. The molecule has 0 unspecified atom stereocenters. The Bertz CT molecular complexity index is 777. The molecule has 2 rings (SSSR count). The van der Waals surface area contributed by atoms with Gasteiger partial charge in [0.1, 0.15) is 11.5 Å². The second kappa shape index (κ2) is 7.25. The highest BCUT2D eigenvalue weighted by atomic mass is 16.5. The average Bonchev–Trinajstić information content (AvgIpc) is 3.01. The molecule has 8 heteroatoms. The molecule has 0 spiro atoms. The summed E-state index contributed by atoms with van der Waals surface area (Å²) in [6.45, 7) is 5.61. The summed E-state index contributed by atoms with van der Waals surface area (Å²) >= 11 is 0. The molecule has 0 bridgehead atoms. The maximum atomic E-state index is 12.0. The molecule has 3 N–H and O–H groups in total. The number of primary amides is 1. The summed E-state index contributed by atoms with van der Waals surface area (Å²) < 4.78 is 15.5. The van der Waals surface area contributed by atoms with E-state index in [4.69, 9.17) is 19.7 Å². The Morgan fingerprint density at radius 1 is 1.28 bits per heavy atom. The second-order valence-electron chi connectivity index (χ2n) is 6.39. The molecule has 0 fully saturated rings. The van der Waals surface area contributed by atoms with E-state index in [1.165, 1.54) is 19.2 Å². The van der Waals surface area contributed by atoms with Crippen LogP contribution in [0.4, 0.5) is 5.88 Å². The van der Waals surface area contributed by atoms with E-state index in [0.717, 1.165) is 0 Å². The number of benzene rings is 1. The number of aromatic nitrogens is 1. The van der Waals surface area contributed by atoms with Gasteiger partial charge >= 0.3 is 0 Å². The van der Waals surface area contributed by atoms with Crippen molar-refractivity contribution >= 4 is 17.7 Å². The fourth-order valence-electron chi connectivity index (χ4n) is 1.96. The minimum Gasteiger partial charge on any atom is -0.497 e. The molecule has 0 atom stereocenters. The van der Waals surface area contributed by atoms with Crippen LogP contribution in [0, 0.1) is 0 Å². The van der Waals surface area contributed by atoms with Gasteiger partial charge in [0.25, 0.3) is 11.8 Å². The summed E-state index contributed by atoms with van der Waals surface area (Å²) in [5.74, 6) is -0.266. The summed E-state index contributed by atoms with van der Waals surface area (Å²) in [5.41, 5.74) is 5.97. The van der Waals surface area contributed by atoms with E-state index in [1.807, 2.05) is 20.8 Å². The quantitative estimate of drug-likeness (QED) is 0.826. The average molecular weight is 347 g/mol. The van der Waals surface area contributed by atoms with Crippen LogP contribution in [0.2, 0.25) is 0 Å². The van der Waals surface area contributed by atoms with Crippen LogP contribution >= 0.6 is 0 Å². The normalized spacial score (nSPS) is 11.0. The molecule has 0 radical (unpaired) electrons. The van der Waals surface area contributed by atoms with Gasteiger partial charge in [0.2, 0.25) is 5.88 Å². The van der Waals surface area contributed by atoms with E-state index >= 15 is 0 Å². The predicted molar refractivity (Wildman–Crippen MR) is 90.8 cm³/mol. The molecular formula is C17H21N3O5. The van der Waals surface area contributed by atoms with E-state index in [1.54, 1.807) is 12.1 Å². The predicted octanol–water partition coefficient (Wildman–Crippen LogP) is 2.10.